The second kappa shape index (κ2) is 5.34. The van der Waals surface area contributed by atoms with E-state index in [0.29, 0.717) is 0 Å². The van der Waals surface area contributed by atoms with Gasteiger partial charge in [0.15, 0.2) is 5.82 Å². The van der Waals surface area contributed by atoms with Crippen LogP contribution < -0.4 is 11.1 Å². The molecule has 19 heavy (non-hydrogen) atoms. The van der Waals surface area contributed by atoms with Crippen LogP contribution in [0.5, 0.6) is 0 Å². The van der Waals surface area contributed by atoms with E-state index in [-0.39, 0.29) is 0 Å². The number of hydrogen-bond acceptors (Lipinski definition) is 3. The molecular weight excluding hydrogens is 236 g/mol. The predicted molar refractivity (Wildman–Crippen MR) is 80.8 cm³/mol. The minimum atomic E-state index is 0.755. The summed E-state index contributed by atoms with van der Waals surface area (Å²) in [7, 11) is 1.92. The summed E-state index contributed by atoms with van der Waals surface area (Å²) in [6, 6.07) is 6.34. The Balaban J connectivity index is 2.35. The summed E-state index contributed by atoms with van der Waals surface area (Å²) in [5, 5.41) is 7.88. The average molecular weight is 258 g/mol. The van der Waals surface area contributed by atoms with Crippen LogP contribution in [0.3, 0.4) is 0 Å². The maximum absolute atomic E-state index is 6.18. The molecule has 0 atom stereocenters. The summed E-state index contributed by atoms with van der Waals surface area (Å²) < 4.78 is 1.82. The number of anilines is 3. The molecule has 2 rings (SSSR count). The van der Waals surface area contributed by atoms with Crippen LogP contribution in [0.4, 0.5) is 17.2 Å². The van der Waals surface area contributed by atoms with Crippen LogP contribution in [0.2, 0.25) is 0 Å². The molecule has 0 bridgehead atoms. The maximum Gasteiger partial charge on any atom is 0.152 e. The topological polar surface area (TPSA) is 55.9 Å². The third kappa shape index (κ3) is 2.72. The summed E-state index contributed by atoms with van der Waals surface area (Å²) in [5.41, 5.74) is 11.4. The molecule has 0 aliphatic rings. The van der Waals surface area contributed by atoms with E-state index >= 15 is 0 Å². The maximum atomic E-state index is 6.18. The molecule has 0 radical (unpaired) electrons. The molecule has 0 aliphatic carbocycles. The van der Waals surface area contributed by atoms with Gasteiger partial charge in [-0.05, 0) is 37.5 Å². The van der Waals surface area contributed by atoms with Crippen LogP contribution in [0.15, 0.2) is 18.2 Å². The zero-order valence-electron chi connectivity index (χ0n) is 12.1. The van der Waals surface area contributed by atoms with Crippen LogP contribution in [0.25, 0.3) is 0 Å². The minimum Gasteiger partial charge on any atom is -0.394 e. The summed E-state index contributed by atoms with van der Waals surface area (Å²) in [5.74, 6) is 0.872. The second-order valence-corrected chi connectivity index (χ2v) is 5.03. The van der Waals surface area contributed by atoms with Gasteiger partial charge in [-0.3, -0.25) is 4.68 Å². The van der Waals surface area contributed by atoms with Gasteiger partial charge < -0.3 is 11.1 Å². The highest BCUT2D eigenvalue weighted by Gasteiger charge is 2.13. The lowest BCUT2D eigenvalue weighted by Crippen LogP contribution is -2.02. The molecule has 0 saturated heterocycles. The number of nitrogens with two attached hydrogens (primary N) is 1. The van der Waals surface area contributed by atoms with Crippen molar-refractivity contribution in [1.29, 1.82) is 0 Å². The Morgan fingerprint density at radius 3 is 2.74 bits per heavy atom. The highest BCUT2D eigenvalue weighted by Crippen LogP contribution is 2.28. The van der Waals surface area contributed by atoms with E-state index in [1.807, 2.05) is 11.7 Å². The van der Waals surface area contributed by atoms with E-state index in [9.17, 15) is 0 Å². The van der Waals surface area contributed by atoms with Crippen molar-refractivity contribution in [2.75, 3.05) is 11.1 Å². The van der Waals surface area contributed by atoms with Crippen molar-refractivity contribution in [2.45, 2.75) is 33.6 Å². The van der Waals surface area contributed by atoms with E-state index < -0.39 is 0 Å². The van der Waals surface area contributed by atoms with E-state index in [1.54, 1.807) is 0 Å². The standard InChI is InChI=1S/C15H22N4/c1-5-6-12-14(16)15(19(4)18-12)17-13-9-10(2)7-8-11(13)3/h7-9,17H,5-6,16H2,1-4H3. The second-order valence-electron chi connectivity index (χ2n) is 5.03. The van der Waals surface area contributed by atoms with Gasteiger partial charge in [0.1, 0.15) is 0 Å². The number of nitrogen functional groups attached to an aromatic ring is 1. The number of aromatic nitrogens is 2. The molecule has 0 saturated carbocycles. The van der Waals surface area contributed by atoms with Crippen LogP contribution in [0.1, 0.15) is 30.2 Å². The Morgan fingerprint density at radius 2 is 2.05 bits per heavy atom. The molecule has 1 aromatic carbocycles. The fourth-order valence-corrected chi connectivity index (χ4v) is 2.16. The van der Waals surface area contributed by atoms with Gasteiger partial charge in [-0.1, -0.05) is 25.5 Å². The number of nitrogens with one attached hydrogen (secondary N) is 1. The fraction of sp³-hybridized carbons (Fsp3) is 0.400. The van der Waals surface area contributed by atoms with Crippen molar-refractivity contribution < 1.29 is 0 Å². The molecule has 3 N–H and O–H groups in total. The van der Waals surface area contributed by atoms with E-state index in [4.69, 9.17) is 5.73 Å². The molecule has 0 spiro atoms. The predicted octanol–water partition coefficient (Wildman–Crippen LogP) is 3.32. The zero-order chi connectivity index (χ0) is 14.0. The van der Waals surface area contributed by atoms with Gasteiger partial charge in [0.05, 0.1) is 11.4 Å². The largest absolute Gasteiger partial charge is 0.394 e. The lowest BCUT2D eigenvalue weighted by atomic mass is 10.1. The quantitative estimate of drug-likeness (QED) is 0.884. The monoisotopic (exact) mass is 258 g/mol. The van der Waals surface area contributed by atoms with Gasteiger partial charge in [-0.15, -0.1) is 0 Å². The lowest BCUT2D eigenvalue weighted by molar-refractivity contribution is 0.740. The minimum absolute atomic E-state index is 0.755. The van der Waals surface area contributed by atoms with Crippen LogP contribution in [-0.2, 0) is 13.5 Å². The highest BCUT2D eigenvalue weighted by molar-refractivity contribution is 5.73. The van der Waals surface area contributed by atoms with E-state index in [1.165, 1.54) is 11.1 Å². The summed E-state index contributed by atoms with van der Waals surface area (Å²) in [6.07, 6.45) is 1.96. The number of hydrogen-bond donors (Lipinski definition) is 2. The molecule has 4 heteroatoms. The first kappa shape index (κ1) is 13.5. The molecule has 0 unspecified atom stereocenters. The van der Waals surface area contributed by atoms with Gasteiger partial charge in [0, 0.05) is 12.7 Å². The molecule has 2 aromatic rings. The highest BCUT2D eigenvalue weighted by atomic mass is 15.3. The molecule has 0 amide bonds. The van der Waals surface area contributed by atoms with E-state index in [0.717, 1.165) is 35.7 Å². The molecule has 4 nitrogen and oxygen atoms in total. The Kier molecular flexibility index (Phi) is 3.79. The molecule has 0 aliphatic heterocycles. The van der Waals surface area contributed by atoms with Crippen molar-refractivity contribution >= 4 is 17.2 Å². The molecule has 1 heterocycles. The lowest BCUT2D eigenvalue weighted by Gasteiger charge is -2.11. The Morgan fingerprint density at radius 1 is 1.32 bits per heavy atom. The summed E-state index contributed by atoms with van der Waals surface area (Å²) >= 11 is 0. The zero-order valence-corrected chi connectivity index (χ0v) is 12.1. The van der Waals surface area contributed by atoms with Gasteiger partial charge in [0.25, 0.3) is 0 Å². The fourth-order valence-electron chi connectivity index (χ4n) is 2.16. The van der Waals surface area contributed by atoms with Crippen molar-refractivity contribution in [1.82, 2.24) is 9.78 Å². The van der Waals surface area contributed by atoms with Crippen LogP contribution in [-0.4, -0.2) is 9.78 Å². The number of aryl methyl sites for hydroxylation is 4. The van der Waals surface area contributed by atoms with Gasteiger partial charge in [-0.25, -0.2) is 0 Å². The first-order valence-electron chi connectivity index (χ1n) is 6.68. The Labute approximate surface area is 114 Å². The van der Waals surface area contributed by atoms with Gasteiger partial charge >= 0.3 is 0 Å². The normalized spacial score (nSPS) is 10.7. The molecular formula is C15H22N4. The van der Waals surface area contributed by atoms with Gasteiger partial charge in [-0.2, -0.15) is 5.10 Å². The summed E-state index contributed by atoms with van der Waals surface area (Å²) in [4.78, 5) is 0. The third-order valence-corrected chi connectivity index (χ3v) is 3.29. The molecule has 1 aromatic heterocycles. The average Bonchev–Trinajstić information content (AvgIpc) is 2.62. The first-order valence-corrected chi connectivity index (χ1v) is 6.68. The Hall–Kier alpha value is -1.97. The van der Waals surface area contributed by atoms with E-state index in [2.05, 4.69) is 49.4 Å². The number of benzene rings is 1. The van der Waals surface area contributed by atoms with Crippen molar-refractivity contribution in [2.24, 2.45) is 7.05 Å². The van der Waals surface area contributed by atoms with Gasteiger partial charge in [0.2, 0.25) is 0 Å². The number of rotatable bonds is 4. The molecule has 102 valence electrons. The third-order valence-electron chi connectivity index (χ3n) is 3.29. The summed E-state index contributed by atoms with van der Waals surface area (Å²) in [6.45, 7) is 6.30. The SMILES string of the molecule is CCCc1nn(C)c(Nc2cc(C)ccc2C)c1N. The van der Waals surface area contributed by atoms with Crippen LogP contribution >= 0.6 is 0 Å². The number of nitrogens with zero attached hydrogens (tertiary/aromatic N) is 2. The first-order chi connectivity index (χ1) is 9.02. The van der Waals surface area contributed by atoms with Crippen LogP contribution in [0, 0.1) is 13.8 Å². The smallest absolute Gasteiger partial charge is 0.152 e. The van der Waals surface area contributed by atoms with Crippen molar-refractivity contribution in [3.05, 3.63) is 35.0 Å². The molecule has 0 fully saturated rings. The van der Waals surface area contributed by atoms with Crippen molar-refractivity contribution in [3.8, 4) is 0 Å². The Bertz CT molecular complexity index is 584. The van der Waals surface area contributed by atoms with Crippen molar-refractivity contribution in [3.63, 3.8) is 0 Å².